The van der Waals surface area contributed by atoms with E-state index in [-0.39, 0.29) is 6.61 Å². The van der Waals surface area contributed by atoms with Crippen molar-refractivity contribution in [3.05, 3.63) is 0 Å². The first-order valence-electron chi connectivity index (χ1n) is 3.83. The van der Waals surface area contributed by atoms with Crippen LogP contribution in [-0.4, -0.2) is 23.7 Å². The molecule has 0 atom stereocenters. The van der Waals surface area contributed by atoms with E-state index in [1.165, 1.54) is 13.8 Å². The van der Waals surface area contributed by atoms with Crippen molar-refractivity contribution in [1.82, 2.24) is 0 Å². The van der Waals surface area contributed by atoms with Gasteiger partial charge in [0.15, 0.2) is 5.41 Å². The number of aliphatic carboxylic acids is 1. The SMILES string of the molecule is CCCOC(=O)C(C)(C)C(=O)O. The van der Waals surface area contributed by atoms with E-state index in [4.69, 9.17) is 9.84 Å². The van der Waals surface area contributed by atoms with E-state index in [1.807, 2.05) is 6.92 Å². The first-order valence-corrected chi connectivity index (χ1v) is 3.83. The number of rotatable bonds is 4. The Morgan fingerprint density at radius 2 is 1.92 bits per heavy atom. The maximum Gasteiger partial charge on any atom is 0.322 e. The summed E-state index contributed by atoms with van der Waals surface area (Å²) in [6.07, 6.45) is 0.696. The Bertz CT molecular complexity index is 183. The van der Waals surface area contributed by atoms with Gasteiger partial charge in [0.1, 0.15) is 0 Å². The fourth-order valence-corrected chi connectivity index (χ4v) is 0.462. The smallest absolute Gasteiger partial charge is 0.322 e. The van der Waals surface area contributed by atoms with E-state index in [1.54, 1.807) is 0 Å². The van der Waals surface area contributed by atoms with Crippen LogP contribution in [0.25, 0.3) is 0 Å². The predicted octanol–water partition coefficient (Wildman–Crippen LogP) is 1.05. The van der Waals surface area contributed by atoms with Crippen LogP contribution in [0, 0.1) is 5.41 Å². The number of ether oxygens (including phenoxy) is 1. The average molecular weight is 174 g/mol. The first-order chi connectivity index (χ1) is 5.42. The van der Waals surface area contributed by atoms with Crippen LogP contribution < -0.4 is 0 Å². The van der Waals surface area contributed by atoms with Crippen molar-refractivity contribution in [2.75, 3.05) is 6.61 Å². The molecule has 12 heavy (non-hydrogen) atoms. The number of hydrogen-bond donors (Lipinski definition) is 1. The van der Waals surface area contributed by atoms with Crippen molar-refractivity contribution in [3.8, 4) is 0 Å². The van der Waals surface area contributed by atoms with Gasteiger partial charge in [-0.2, -0.15) is 0 Å². The van der Waals surface area contributed by atoms with Crippen LogP contribution >= 0.6 is 0 Å². The molecular weight excluding hydrogens is 160 g/mol. The third-order valence-corrected chi connectivity index (χ3v) is 1.48. The molecule has 0 amide bonds. The Labute approximate surface area is 71.5 Å². The summed E-state index contributed by atoms with van der Waals surface area (Å²) in [5.74, 6) is -1.85. The van der Waals surface area contributed by atoms with Gasteiger partial charge in [0.2, 0.25) is 0 Å². The molecule has 0 aliphatic rings. The maximum absolute atomic E-state index is 11.1. The molecule has 0 aromatic heterocycles. The van der Waals surface area contributed by atoms with Gasteiger partial charge < -0.3 is 9.84 Å². The second-order valence-corrected chi connectivity index (χ2v) is 3.07. The molecule has 0 bridgehead atoms. The molecule has 0 aliphatic heterocycles. The highest BCUT2D eigenvalue weighted by Gasteiger charge is 2.37. The standard InChI is InChI=1S/C8H14O4/c1-4-5-12-7(11)8(2,3)6(9)10/h4-5H2,1-3H3,(H,9,10). The molecule has 0 saturated carbocycles. The predicted molar refractivity (Wildman–Crippen MR) is 42.7 cm³/mol. The Morgan fingerprint density at radius 3 is 2.25 bits per heavy atom. The van der Waals surface area contributed by atoms with Gasteiger partial charge in [-0.3, -0.25) is 9.59 Å². The Hall–Kier alpha value is -1.06. The normalized spacial score (nSPS) is 10.9. The number of carboxylic acid groups (broad SMARTS) is 1. The third kappa shape index (κ3) is 2.53. The number of hydrogen-bond acceptors (Lipinski definition) is 3. The van der Waals surface area contributed by atoms with Crippen LogP contribution in [0.15, 0.2) is 0 Å². The van der Waals surface area contributed by atoms with Gasteiger partial charge in [0, 0.05) is 0 Å². The van der Waals surface area contributed by atoms with E-state index in [9.17, 15) is 9.59 Å². The number of carbonyl (C=O) groups excluding carboxylic acids is 1. The van der Waals surface area contributed by atoms with E-state index in [2.05, 4.69) is 0 Å². The van der Waals surface area contributed by atoms with Crippen molar-refractivity contribution >= 4 is 11.9 Å². The van der Waals surface area contributed by atoms with Gasteiger partial charge in [-0.25, -0.2) is 0 Å². The second-order valence-electron chi connectivity index (χ2n) is 3.07. The Morgan fingerprint density at radius 1 is 1.42 bits per heavy atom. The molecule has 0 saturated heterocycles. The van der Waals surface area contributed by atoms with Crippen molar-refractivity contribution < 1.29 is 19.4 Å². The van der Waals surface area contributed by atoms with E-state index in [0.29, 0.717) is 6.42 Å². The molecule has 0 aliphatic carbocycles. The highest BCUT2D eigenvalue weighted by atomic mass is 16.5. The lowest BCUT2D eigenvalue weighted by atomic mass is 9.94. The summed E-state index contributed by atoms with van der Waals surface area (Å²) in [6.45, 7) is 4.78. The summed E-state index contributed by atoms with van der Waals surface area (Å²) >= 11 is 0. The van der Waals surface area contributed by atoms with Crippen molar-refractivity contribution in [2.45, 2.75) is 27.2 Å². The van der Waals surface area contributed by atoms with Gasteiger partial charge in [0.05, 0.1) is 6.61 Å². The lowest BCUT2D eigenvalue weighted by Crippen LogP contribution is -2.34. The van der Waals surface area contributed by atoms with Gasteiger partial charge in [0.25, 0.3) is 0 Å². The molecule has 0 aromatic carbocycles. The second kappa shape index (κ2) is 4.09. The van der Waals surface area contributed by atoms with Gasteiger partial charge in [-0.1, -0.05) is 6.92 Å². The average Bonchev–Trinajstić information content (AvgIpc) is 1.99. The topological polar surface area (TPSA) is 63.6 Å². The minimum atomic E-state index is -1.44. The molecule has 0 heterocycles. The van der Waals surface area contributed by atoms with Crippen LogP contribution in [0.5, 0.6) is 0 Å². The van der Waals surface area contributed by atoms with E-state index in [0.717, 1.165) is 0 Å². The zero-order valence-corrected chi connectivity index (χ0v) is 7.59. The monoisotopic (exact) mass is 174 g/mol. The van der Waals surface area contributed by atoms with Gasteiger partial charge >= 0.3 is 11.9 Å². The number of carbonyl (C=O) groups is 2. The summed E-state index contributed by atoms with van der Waals surface area (Å²) in [5.41, 5.74) is -1.44. The molecule has 0 spiro atoms. The first kappa shape index (κ1) is 10.9. The van der Waals surface area contributed by atoms with Crippen molar-refractivity contribution in [3.63, 3.8) is 0 Å². The van der Waals surface area contributed by atoms with Crippen LogP contribution in [-0.2, 0) is 14.3 Å². The van der Waals surface area contributed by atoms with Crippen LogP contribution in [0.4, 0.5) is 0 Å². The summed E-state index contributed by atoms with van der Waals surface area (Å²) in [5, 5.41) is 8.61. The summed E-state index contributed by atoms with van der Waals surface area (Å²) < 4.78 is 4.70. The number of esters is 1. The minimum absolute atomic E-state index is 0.273. The molecule has 4 nitrogen and oxygen atoms in total. The molecule has 0 aromatic rings. The highest BCUT2D eigenvalue weighted by molar-refractivity contribution is 5.98. The van der Waals surface area contributed by atoms with Gasteiger partial charge in [-0.15, -0.1) is 0 Å². The zero-order valence-electron chi connectivity index (χ0n) is 7.59. The molecule has 0 radical (unpaired) electrons. The van der Waals surface area contributed by atoms with Crippen molar-refractivity contribution in [1.29, 1.82) is 0 Å². The molecule has 1 N–H and O–H groups in total. The van der Waals surface area contributed by atoms with Crippen molar-refractivity contribution in [2.24, 2.45) is 5.41 Å². The van der Waals surface area contributed by atoms with E-state index < -0.39 is 17.4 Å². The third-order valence-electron chi connectivity index (χ3n) is 1.48. The molecule has 0 unspecified atom stereocenters. The maximum atomic E-state index is 11.1. The van der Waals surface area contributed by atoms with Gasteiger partial charge in [-0.05, 0) is 20.3 Å². The summed E-state index contributed by atoms with van der Waals surface area (Å²) in [6, 6.07) is 0. The fourth-order valence-electron chi connectivity index (χ4n) is 0.462. The fraction of sp³-hybridized carbons (Fsp3) is 0.750. The minimum Gasteiger partial charge on any atom is -0.480 e. The molecule has 70 valence electrons. The van der Waals surface area contributed by atoms with Crippen LogP contribution in [0.3, 0.4) is 0 Å². The molecular formula is C8H14O4. The molecule has 4 heteroatoms. The Kier molecular flexibility index (Phi) is 3.73. The Balaban J connectivity index is 4.16. The zero-order chi connectivity index (χ0) is 9.78. The lowest BCUT2D eigenvalue weighted by Gasteiger charge is -2.16. The summed E-state index contributed by atoms with van der Waals surface area (Å²) in [7, 11) is 0. The summed E-state index contributed by atoms with van der Waals surface area (Å²) in [4.78, 5) is 21.6. The largest absolute Gasteiger partial charge is 0.480 e. The van der Waals surface area contributed by atoms with Crippen LogP contribution in [0.1, 0.15) is 27.2 Å². The highest BCUT2D eigenvalue weighted by Crippen LogP contribution is 2.17. The van der Waals surface area contributed by atoms with E-state index >= 15 is 0 Å². The lowest BCUT2D eigenvalue weighted by molar-refractivity contribution is -0.166. The molecule has 0 rings (SSSR count). The quantitative estimate of drug-likeness (QED) is 0.511. The van der Waals surface area contributed by atoms with Crippen LogP contribution in [0.2, 0.25) is 0 Å². The number of carboxylic acids is 1. The molecule has 0 fully saturated rings.